The molecule has 2 aromatic carbocycles. The lowest BCUT2D eigenvalue weighted by molar-refractivity contribution is 0.396. The first kappa shape index (κ1) is 14.9. The van der Waals surface area contributed by atoms with Crippen molar-refractivity contribution in [2.75, 3.05) is 7.11 Å². The fraction of sp³-hybridized carbons (Fsp3) is 0.294. The second kappa shape index (κ2) is 6.78. The van der Waals surface area contributed by atoms with Crippen molar-refractivity contribution in [3.8, 4) is 5.75 Å². The molecule has 0 aliphatic rings. The molecule has 0 saturated heterocycles. The zero-order valence-electron chi connectivity index (χ0n) is 12.1. The molecule has 0 bridgehead atoms. The van der Waals surface area contributed by atoms with Crippen molar-refractivity contribution in [1.29, 1.82) is 0 Å². The van der Waals surface area contributed by atoms with Gasteiger partial charge < -0.3 is 10.1 Å². The van der Waals surface area contributed by atoms with Crippen molar-refractivity contribution in [3.63, 3.8) is 0 Å². The molecule has 0 aliphatic heterocycles. The molecule has 20 heavy (non-hydrogen) atoms. The summed E-state index contributed by atoms with van der Waals surface area (Å²) in [5, 5.41) is 4.34. The lowest BCUT2D eigenvalue weighted by Crippen LogP contribution is -2.22. The molecular formula is C17H20ClNO. The van der Waals surface area contributed by atoms with Crippen molar-refractivity contribution in [2.24, 2.45) is 0 Å². The van der Waals surface area contributed by atoms with Crippen LogP contribution in [0, 0.1) is 0 Å². The molecule has 0 spiro atoms. The molecule has 0 fully saturated rings. The van der Waals surface area contributed by atoms with Crippen LogP contribution in [0.2, 0.25) is 5.02 Å². The molecule has 2 atom stereocenters. The SMILES string of the molecule is COc1ccccc1[C@@H](C)NC(C)c1cccc(Cl)c1. The van der Waals surface area contributed by atoms with E-state index in [0.717, 1.165) is 16.3 Å². The van der Waals surface area contributed by atoms with Crippen molar-refractivity contribution < 1.29 is 4.74 Å². The summed E-state index contributed by atoms with van der Waals surface area (Å²) in [7, 11) is 1.70. The summed E-state index contributed by atoms with van der Waals surface area (Å²) >= 11 is 6.04. The Bertz CT molecular complexity index is 570. The van der Waals surface area contributed by atoms with Gasteiger partial charge >= 0.3 is 0 Å². The van der Waals surface area contributed by atoms with Gasteiger partial charge in [0.15, 0.2) is 0 Å². The maximum atomic E-state index is 6.04. The average Bonchev–Trinajstić information content (AvgIpc) is 2.47. The van der Waals surface area contributed by atoms with Gasteiger partial charge in [-0.3, -0.25) is 0 Å². The number of methoxy groups -OCH3 is 1. The summed E-state index contributed by atoms with van der Waals surface area (Å²) in [6, 6.07) is 16.4. The number of nitrogens with one attached hydrogen (secondary N) is 1. The Hall–Kier alpha value is -1.51. The van der Waals surface area contributed by atoms with Gasteiger partial charge in [0.2, 0.25) is 0 Å². The monoisotopic (exact) mass is 289 g/mol. The molecular weight excluding hydrogens is 270 g/mol. The second-order valence-electron chi connectivity index (χ2n) is 4.91. The van der Waals surface area contributed by atoms with Crippen LogP contribution in [-0.2, 0) is 0 Å². The lowest BCUT2D eigenvalue weighted by Gasteiger charge is -2.22. The molecule has 106 valence electrons. The van der Waals surface area contributed by atoms with Crippen LogP contribution in [0.1, 0.15) is 37.1 Å². The first-order chi connectivity index (χ1) is 9.61. The lowest BCUT2D eigenvalue weighted by atomic mass is 10.0. The Balaban J connectivity index is 2.13. The number of hydrogen-bond donors (Lipinski definition) is 1. The van der Waals surface area contributed by atoms with E-state index in [2.05, 4.69) is 31.3 Å². The predicted molar refractivity (Wildman–Crippen MR) is 84.4 cm³/mol. The third-order valence-electron chi connectivity index (χ3n) is 3.45. The van der Waals surface area contributed by atoms with E-state index in [1.807, 2.05) is 36.4 Å². The third kappa shape index (κ3) is 3.53. The largest absolute Gasteiger partial charge is 0.496 e. The zero-order valence-corrected chi connectivity index (χ0v) is 12.8. The third-order valence-corrected chi connectivity index (χ3v) is 3.69. The Kier molecular flexibility index (Phi) is 5.05. The maximum Gasteiger partial charge on any atom is 0.123 e. The molecule has 0 radical (unpaired) electrons. The van der Waals surface area contributed by atoms with Gasteiger partial charge in [0.1, 0.15) is 5.75 Å². The number of hydrogen-bond acceptors (Lipinski definition) is 2. The van der Waals surface area contributed by atoms with Crippen LogP contribution in [0.25, 0.3) is 0 Å². The van der Waals surface area contributed by atoms with Crippen molar-refractivity contribution in [2.45, 2.75) is 25.9 Å². The standard InChI is InChI=1S/C17H20ClNO/c1-12(14-7-6-8-15(18)11-14)19-13(2)16-9-4-5-10-17(16)20-3/h4-13,19H,1-3H3/t12?,13-/m1/s1. The molecule has 0 saturated carbocycles. The van der Waals surface area contributed by atoms with Crippen LogP contribution in [-0.4, -0.2) is 7.11 Å². The molecule has 2 aromatic rings. The molecule has 3 heteroatoms. The predicted octanol–water partition coefficient (Wildman–Crippen LogP) is 4.76. The fourth-order valence-electron chi connectivity index (χ4n) is 2.36. The van der Waals surface area contributed by atoms with E-state index in [4.69, 9.17) is 16.3 Å². The minimum atomic E-state index is 0.195. The summed E-state index contributed by atoms with van der Waals surface area (Å²) in [5.74, 6) is 0.908. The topological polar surface area (TPSA) is 21.3 Å². The van der Waals surface area contributed by atoms with E-state index in [0.29, 0.717) is 0 Å². The van der Waals surface area contributed by atoms with Crippen LogP contribution in [0.3, 0.4) is 0 Å². The van der Waals surface area contributed by atoms with Gasteiger partial charge in [-0.2, -0.15) is 0 Å². The van der Waals surface area contributed by atoms with Crippen LogP contribution in [0.5, 0.6) is 5.75 Å². The minimum absolute atomic E-state index is 0.195. The smallest absolute Gasteiger partial charge is 0.123 e. The fourth-order valence-corrected chi connectivity index (χ4v) is 2.56. The van der Waals surface area contributed by atoms with E-state index in [1.54, 1.807) is 7.11 Å². The molecule has 0 aliphatic carbocycles. The first-order valence-corrected chi connectivity index (χ1v) is 7.14. The van der Waals surface area contributed by atoms with Gasteiger partial charge in [-0.1, -0.05) is 41.9 Å². The van der Waals surface area contributed by atoms with Crippen LogP contribution < -0.4 is 10.1 Å². The summed E-state index contributed by atoms with van der Waals surface area (Å²) < 4.78 is 5.41. The Morgan fingerprint density at radius 2 is 1.75 bits per heavy atom. The van der Waals surface area contributed by atoms with Gasteiger partial charge in [0.25, 0.3) is 0 Å². The average molecular weight is 290 g/mol. The van der Waals surface area contributed by atoms with E-state index in [9.17, 15) is 0 Å². The van der Waals surface area contributed by atoms with Gasteiger partial charge in [-0.05, 0) is 37.6 Å². The maximum absolute atomic E-state index is 6.04. The molecule has 0 amide bonds. The Morgan fingerprint density at radius 1 is 1.00 bits per heavy atom. The minimum Gasteiger partial charge on any atom is -0.496 e. The second-order valence-corrected chi connectivity index (χ2v) is 5.34. The van der Waals surface area contributed by atoms with E-state index in [-0.39, 0.29) is 12.1 Å². The number of para-hydroxylation sites is 1. The molecule has 0 heterocycles. The molecule has 0 aromatic heterocycles. The van der Waals surface area contributed by atoms with Crippen molar-refractivity contribution >= 4 is 11.6 Å². The highest BCUT2D eigenvalue weighted by Gasteiger charge is 2.14. The highest BCUT2D eigenvalue weighted by Crippen LogP contribution is 2.27. The van der Waals surface area contributed by atoms with E-state index in [1.165, 1.54) is 5.56 Å². The Morgan fingerprint density at radius 3 is 2.45 bits per heavy atom. The number of benzene rings is 2. The quantitative estimate of drug-likeness (QED) is 0.857. The molecule has 1 unspecified atom stereocenters. The van der Waals surface area contributed by atoms with Crippen LogP contribution in [0.4, 0.5) is 0 Å². The number of ether oxygens (including phenoxy) is 1. The van der Waals surface area contributed by atoms with Crippen LogP contribution in [0.15, 0.2) is 48.5 Å². The summed E-state index contributed by atoms with van der Waals surface area (Å²) in [5.41, 5.74) is 2.34. The highest BCUT2D eigenvalue weighted by atomic mass is 35.5. The van der Waals surface area contributed by atoms with Gasteiger partial charge in [-0.25, -0.2) is 0 Å². The van der Waals surface area contributed by atoms with Gasteiger partial charge in [0.05, 0.1) is 7.11 Å². The van der Waals surface area contributed by atoms with Crippen molar-refractivity contribution in [1.82, 2.24) is 5.32 Å². The molecule has 1 N–H and O–H groups in total. The van der Waals surface area contributed by atoms with Gasteiger partial charge in [0, 0.05) is 22.7 Å². The zero-order chi connectivity index (χ0) is 14.5. The Labute approximate surface area is 125 Å². The van der Waals surface area contributed by atoms with Crippen molar-refractivity contribution in [3.05, 3.63) is 64.7 Å². The summed E-state index contributed by atoms with van der Waals surface area (Å²) in [4.78, 5) is 0. The molecule has 2 nitrogen and oxygen atoms in total. The summed E-state index contributed by atoms with van der Waals surface area (Å²) in [6.07, 6.45) is 0. The number of halogens is 1. The van der Waals surface area contributed by atoms with Crippen LogP contribution >= 0.6 is 11.6 Å². The summed E-state index contributed by atoms with van der Waals surface area (Å²) in [6.45, 7) is 4.27. The normalized spacial score (nSPS) is 13.8. The number of rotatable bonds is 5. The van der Waals surface area contributed by atoms with E-state index >= 15 is 0 Å². The van der Waals surface area contributed by atoms with Gasteiger partial charge in [-0.15, -0.1) is 0 Å². The highest BCUT2D eigenvalue weighted by molar-refractivity contribution is 6.30. The first-order valence-electron chi connectivity index (χ1n) is 6.76. The molecule has 2 rings (SSSR count). The van der Waals surface area contributed by atoms with E-state index < -0.39 is 0 Å².